The minimum Gasteiger partial charge on any atom is -0.268 e. The Bertz CT molecular complexity index is 616. The zero-order chi connectivity index (χ0) is 16.4. The number of hydrogen-bond acceptors (Lipinski definition) is 9. The van der Waals surface area contributed by atoms with Crippen LogP contribution in [-0.4, -0.2) is 31.3 Å². The molecule has 0 aliphatic heterocycles. The molecule has 0 aromatic heterocycles. The fourth-order valence-electron chi connectivity index (χ4n) is 1.38. The van der Waals surface area contributed by atoms with Gasteiger partial charge in [0.15, 0.2) is 14.8 Å². The lowest BCUT2D eigenvalue weighted by molar-refractivity contribution is -0.946. The first-order valence-corrected chi connectivity index (χ1v) is 4.88. The number of ketones is 1. The summed E-state index contributed by atoms with van der Waals surface area (Å²) in [5.41, 5.74) is -1.27. The van der Waals surface area contributed by atoms with Crippen LogP contribution in [0.5, 0.6) is 0 Å². The van der Waals surface area contributed by atoms with Crippen molar-refractivity contribution in [2.75, 3.05) is 0 Å². The maximum absolute atomic E-state index is 11.8. The van der Waals surface area contributed by atoms with Crippen LogP contribution >= 0.6 is 0 Å². The summed E-state index contributed by atoms with van der Waals surface area (Å²) in [5.74, 6) is -6.31. The molecule has 21 heavy (non-hydrogen) atoms. The Kier molecular flexibility index (Phi) is 3.88. The van der Waals surface area contributed by atoms with E-state index >= 15 is 0 Å². The topological polar surface area (TPSA) is 190 Å². The van der Waals surface area contributed by atoms with E-state index in [1.807, 2.05) is 0 Å². The van der Waals surface area contributed by atoms with Gasteiger partial charge in [0.25, 0.3) is 5.69 Å². The Morgan fingerprint density at radius 1 is 0.810 bits per heavy atom. The molecule has 1 aromatic carbocycles. The van der Waals surface area contributed by atoms with Gasteiger partial charge in [-0.2, -0.15) is 0 Å². The number of nitrogens with zero attached hydrogens (tertiary/aromatic N) is 4. The molecule has 0 saturated heterocycles. The van der Waals surface area contributed by atoms with Crippen LogP contribution in [0, 0.1) is 40.5 Å². The molecule has 13 heteroatoms. The Morgan fingerprint density at radius 2 is 1.19 bits per heavy atom. The number of Topliss-reactive ketones (excluding diaryl/α,β-unsaturated/α-hetero) is 1. The van der Waals surface area contributed by atoms with Gasteiger partial charge in [-0.15, -0.1) is 0 Å². The van der Waals surface area contributed by atoms with Gasteiger partial charge in [0.2, 0.25) is 0 Å². The van der Waals surface area contributed by atoms with Gasteiger partial charge in [-0.05, 0) is 12.1 Å². The van der Waals surface area contributed by atoms with Gasteiger partial charge in [0.05, 0.1) is 4.92 Å². The maximum atomic E-state index is 11.8. The first kappa shape index (κ1) is 15.5. The van der Waals surface area contributed by atoms with Crippen molar-refractivity contribution in [3.8, 4) is 0 Å². The highest BCUT2D eigenvalue weighted by atomic mass is 16.7. The fourth-order valence-corrected chi connectivity index (χ4v) is 1.38. The molecule has 0 atom stereocenters. The summed E-state index contributed by atoms with van der Waals surface area (Å²) in [6.45, 7) is 0. The molecule has 0 heterocycles. The Morgan fingerprint density at radius 3 is 1.48 bits per heavy atom. The molecule has 0 unspecified atom stereocenters. The van der Waals surface area contributed by atoms with Crippen LogP contribution in [-0.2, 0) is 0 Å². The quantitative estimate of drug-likeness (QED) is 0.306. The number of non-ortho nitro benzene ring substituents is 1. The largest absolute Gasteiger partial charge is 0.766 e. The van der Waals surface area contributed by atoms with Crippen molar-refractivity contribution in [1.29, 1.82) is 0 Å². The van der Waals surface area contributed by atoms with Crippen LogP contribution in [0.25, 0.3) is 0 Å². The van der Waals surface area contributed by atoms with Crippen molar-refractivity contribution in [2.45, 2.75) is 5.79 Å². The minimum atomic E-state index is -4.30. The summed E-state index contributed by atoms with van der Waals surface area (Å²) >= 11 is 0. The molecule has 0 spiro atoms. The smallest absolute Gasteiger partial charge is 0.268 e. The second kappa shape index (κ2) is 5.24. The predicted octanol–water partition coefficient (Wildman–Crippen LogP) is 0.261. The predicted molar refractivity (Wildman–Crippen MR) is 61.1 cm³/mol. The van der Waals surface area contributed by atoms with E-state index in [4.69, 9.17) is 0 Å². The number of nitro benzene ring substituents is 1. The summed E-state index contributed by atoms with van der Waals surface area (Å²) < 4.78 is 0. The number of rotatable bonds is 6. The summed E-state index contributed by atoms with van der Waals surface area (Å²) in [6, 6.07) is 2.78. The molecule has 0 fully saturated rings. The van der Waals surface area contributed by atoms with E-state index in [1.165, 1.54) is 0 Å². The van der Waals surface area contributed by atoms with E-state index in [1.54, 1.807) is 0 Å². The van der Waals surface area contributed by atoms with Crippen LogP contribution in [0.15, 0.2) is 24.3 Å². The SMILES string of the molecule is O=C(c1ccc([N+](=O)[O-])cc1)C([N+](=O)[O-])([N+](=O)[O-])[N+](=O)[O-]. The second-order valence-corrected chi connectivity index (χ2v) is 3.54. The standard InChI is InChI=1S/C8H4N4O9/c13-7(5-1-3-6(4-2-5)9(14)15)8(10(16)17,11(18)19)12(20)21/h1-4H. The lowest BCUT2D eigenvalue weighted by Gasteiger charge is -2.07. The molecule has 1 rings (SSSR count). The average Bonchev–Trinajstić information content (AvgIpc) is 2.37. The molecule has 0 amide bonds. The highest BCUT2D eigenvalue weighted by Gasteiger charge is 2.78. The molecule has 0 bridgehead atoms. The molecule has 1 aromatic rings. The molecule has 0 saturated carbocycles. The number of benzene rings is 1. The van der Waals surface area contributed by atoms with Gasteiger partial charge in [0.1, 0.15) is 0 Å². The van der Waals surface area contributed by atoms with Gasteiger partial charge in [0, 0.05) is 17.7 Å². The first-order valence-electron chi connectivity index (χ1n) is 4.88. The Balaban J connectivity index is 3.43. The van der Waals surface area contributed by atoms with Gasteiger partial charge in [-0.25, -0.2) is 0 Å². The van der Waals surface area contributed by atoms with Crippen LogP contribution in [0.2, 0.25) is 0 Å². The van der Waals surface area contributed by atoms with Crippen LogP contribution in [0.3, 0.4) is 0 Å². The van der Waals surface area contributed by atoms with E-state index < -0.39 is 42.5 Å². The van der Waals surface area contributed by atoms with E-state index in [-0.39, 0.29) is 0 Å². The van der Waals surface area contributed by atoms with Crippen LogP contribution < -0.4 is 0 Å². The van der Waals surface area contributed by atoms with Crippen molar-refractivity contribution in [3.63, 3.8) is 0 Å². The minimum absolute atomic E-state index is 0.500. The lowest BCUT2D eigenvalue weighted by Crippen LogP contribution is -2.59. The maximum Gasteiger partial charge on any atom is 0.766 e. The molecule has 110 valence electrons. The summed E-state index contributed by atoms with van der Waals surface area (Å²) in [6.07, 6.45) is 0. The monoisotopic (exact) mass is 300 g/mol. The van der Waals surface area contributed by atoms with Gasteiger partial charge in [-0.1, -0.05) is 0 Å². The van der Waals surface area contributed by atoms with Crippen molar-refractivity contribution < 1.29 is 24.5 Å². The van der Waals surface area contributed by atoms with Gasteiger partial charge in [-0.3, -0.25) is 45.3 Å². The van der Waals surface area contributed by atoms with Crippen molar-refractivity contribution in [1.82, 2.24) is 0 Å². The van der Waals surface area contributed by atoms with Gasteiger partial charge >= 0.3 is 11.6 Å². The van der Waals surface area contributed by atoms with Gasteiger partial charge < -0.3 is 0 Å². The molecular formula is C8H4N4O9. The molecule has 0 aliphatic carbocycles. The number of nitro groups is 4. The van der Waals surface area contributed by atoms with Crippen molar-refractivity contribution >= 4 is 11.5 Å². The van der Waals surface area contributed by atoms with E-state index in [2.05, 4.69) is 0 Å². The third-order valence-corrected chi connectivity index (χ3v) is 2.41. The molecule has 0 aliphatic rings. The number of hydrogen-bond donors (Lipinski definition) is 0. The zero-order valence-corrected chi connectivity index (χ0v) is 9.77. The van der Waals surface area contributed by atoms with Crippen LogP contribution in [0.4, 0.5) is 5.69 Å². The fraction of sp³-hybridized carbons (Fsp3) is 0.125. The molecule has 0 N–H and O–H groups in total. The summed E-state index contributed by atoms with van der Waals surface area (Å²) in [7, 11) is 0. The Labute approximate surface area is 113 Å². The molecule has 0 radical (unpaired) electrons. The average molecular weight is 300 g/mol. The van der Waals surface area contributed by atoms with Crippen molar-refractivity contribution in [2.24, 2.45) is 0 Å². The molecule has 13 nitrogen and oxygen atoms in total. The Hall–Kier alpha value is -3.51. The van der Waals surface area contributed by atoms with Crippen LogP contribution in [0.1, 0.15) is 10.4 Å². The lowest BCUT2D eigenvalue weighted by atomic mass is 10.1. The third-order valence-electron chi connectivity index (χ3n) is 2.41. The zero-order valence-electron chi connectivity index (χ0n) is 9.77. The summed E-state index contributed by atoms with van der Waals surface area (Å²) in [5, 5.41) is 42.5. The first-order chi connectivity index (χ1) is 9.65. The van der Waals surface area contributed by atoms with E-state index in [0.29, 0.717) is 12.1 Å². The molecular weight excluding hydrogens is 296 g/mol. The highest BCUT2D eigenvalue weighted by molar-refractivity contribution is 6.00. The second-order valence-electron chi connectivity index (χ2n) is 3.54. The van der Waals surface area contributed by atoms with E-state index in [9.17, 15) is 45.3 Å². The normalized spacial score (nSPS) is 10.7. The third kappa shape index (κ3) is 2.34. The highest BCUT2D eigenvalue weighted by Crippen LogP contribution is 2.21. The number of carbonyl (C=O) groups is 1. The van der Waals surface area contributed by atoms with E-state index in [0.717, 1.165) is 12.1 Å². The number of carbonyl (C=O) groups excluding carboxylic acids is 1. The summed E-state index contributed by atoms with van der Waals surface area (Å²) in [4.78, 5) is 47.6. The van der Waals surface area contributed by atoms with Crippen molar-refractivity contribution in [3.05, 3.63) is 70.3 Å².